The molecule has 0 saturated carbocycles. The molecule has 1 atom stereocenters. The van der Waals surface area contributed by atoms with Crippen molar-refractivity contribution in [2.75, 3.05) is 6.61 Å². The molecule has 0 unspecified atom stereocenters. The molecule has 3 rings (SSSR count). The molecule has 2 aromatic carbocycles. The molecule has 0 amide bonds. The highest BCUT2D eigenvalue weighted by atomic mass is 16.5. The summed E-state index contributed by atoms with van der Waals surface area (Å²) in [6.45, 7) is 1.97. The third-order valence-corrected chi connectivity index (χ3v) is 4.52. The lowest BCUT2D eigenvalue weighted by Crippen LogP contribution is -2.36. The Labute approximate surface area is 157 Å². The van der Waals surface area contributed by atoms with Crippen molar-refractivity contribution in [1.29, 1.82) is 0 Å². The number of carbonyl (C=O) groups is 2. The number of hydrogen-bond donors (Lipinski definition) is 2. The van der Waals surface area contributed by atoms with Gasteiger partial charge in [-0.15, -0.1) is 0 Å². The van der Waals surface area contributed by atoms with Gasteiger partial charge in [0.05, 0.1) is 6.61 Å². The lowest BCUT2D eigenvalue weighted by atomic mass is 9.64. The number of phenols is 1. The average Bonchev–Trinajstić information content (AvgIpc) is 2.62. The number of ether oxygens (including phenoxy) is 1. The fourth-order valence-corrected chi connectivity index (χ4v) is 3.29. The second kappa shape index (κ2) is 8.27. The molecular weight excluding hydrogens is 347 g/mol. The van der Waals surface area contributed by atoms with Gasteiger partial charge in [-0.2, -0.15) is 0 Å². The van der Waals surface area contributed by atoms with Crippen LogP contribution in [0.1, 0.15) is 34.8 Å². The summed E-state index contributed by atoms with van der Waals surface area (Å²) in [6.07, 6.45) is 0.739. The zero-order valence-corrected chi connectivity index (χ0v) is 15.1. The zero-order valence-electron chi connectivity index (χ0n) is 15.1. The maximum absolute atomic E-state index is 12.4. The average molecular weight is 368 g/mol. The third-order valence-electron chi connectivity index (χ3n) is 4.52. The van der Waals surface area contributed by atoms with Gasteiger partial charge in [-0.25, -0.2) is 4.79 Å². The van der Waals surface area contributed by atoms with E-state index in [1.807, 2.05) is 6.07 Å². The number of fused-ring (bicyclic) bond motifs is 1. The second-order valence-electron chi connectivity index (χ2n) is 6.58. The predicted octanol–water partition coefficient (Wildman–Crippen LogP) is 2.56. The topological polar surface area (TPSA) is 93.1 Å². The fraction of sp³-hybridized carbons (Fsp3) is 0.300. The predicted molar refractivity (Wildman–Crippen MR) is 99.9 cm³/mol. The molecule has 1 aliphatic heterocycles. The minimum atomic E-state index is -1.18. The van der Waals surface area contributed by atoms with E-state index >= 15 is 0 Å². The molecule has 2 N–H and O–H groups in total. The molecule has 0 bridgehead atoms. The van der Waals surface area contributed by atoms with Gasteiger partial charge in [-0.3, -0.25) is 4.79 Å². The Bertz CT molecular complexity index is 850. The van der Waals surface area contributed by atoms with Crippen LogP contribution in [0, 0.1) is 0 Å². The van der Waals surface area contributed by atoms with Gasteiger partial charge in [0.25, 0.3) is 0 Å². The Morgan fingerprint density at radius 3 is 2.78 bits per heavy atom. The van der Waals surface area contributed by atoms with Crippen LogP contribution in [0.3, 0.4) is 0 Å². The molecule has 1 aliphatic rings. The van der Waals surface area contributed by atoms with E-state index in [0.29, 0.717) is 12.2 Å². The highest BCUT2D eigenvalue weighted by molar-refractivity contribution is 6.47. The Balaban J connectivity index is 1.70. The van der Waals surface area contributed by atoms with Gasteiger partial charge in [0.2, 0.25) is 0 Å². The van der Waals surface area contributed by atoms with Crippen molar-refractivity contribution in [2.45, 2.75) is 32.0 Å². The summed E-state index contributed by atoms with van der Waals surface area (Å²) in [5, 5.41) is 19.8. The van der Waals surface area contributed by atoms with Crippen LogP contribution in [0.25, 0.3) is 0 Å². The van der Waals surface area contributed by atoms with Gasteiger partial charge >= 0.3 is 13.1 Å². The summed E-state index contributed by atoms with van der Waals surface area (Å²) in [5.74, 6) is -0.528. The molecular formula is C20H21BO6. The molecule has 2 aromatic rings. The molecule has 27 heavy (non-hydrogen) atoms. The molecule has 1 heterocycles. The highest BCUT2D eigenvalue weighted by Crippen LogP contribution is 2.36. The number of benzene rings is 2. The molecule has 140 valence electrons. The van der Waals surface area contributed by atoms with E-state index in [0.717, 1.165) is 11.1 Å². The Kier molecular flexibility index (Phi) is 5.81. The van der Waals surface area contributed by atoms with E-state index in [-0.39, 0.29) is 36.5 Å². The number of para-hydroxylation sites is 1. The Morgan fingerprint density at radius 2 is 2.04 bits per heavy atom. The third kappa shape index (κ3) is 4.49. The normalized spacial score (nSPS) is 15.6. The van der Waals surface area contributed by atoms with Crippen molar-refractivity contribution >= 4 is 18.9 Å². The lowest BCUT2D eigenvalue weighted by Gasteiger charge is -2.28. The highest BCUT2D eigenvalue weighted by Gasteiger charge is 2.37. The van der Waals surface area contributed by atoms with Gasteiger partial charge in [-0.1, -0.05) is 24.3 Å². The molecule has 6 nitrogen and oxygen atoms in total. The summed E-state index contributed by atoms with van der Waals surface area (Å²) in [7, 11) is -1.18. The first-order chi connectivity index (χ1) is 13.0. The number of aromatic hydroxyl groups is 1. The molecule has 0 fully saturated rings. The number of rotatable bonds is 6. The van der Waals surface area contributed by atoms with Crippen LogP contribution in [0.15, 0.2) is 42.5 Å². The molecule has 0 saturated heterocycles. The molecule has 0 radical (unpaired) electrons. The zero-order chi connectivity index (χ0) is 19.4. The van der Waals surface area contributed by atoms with Crippen molar-refractivity contribution in [3.8, 4) is 11.5 Å². The van der Waals surface area contributed by atoms with E-state index in [1.54, 1.807) is 43.3 Å². The summed E-state index contributed by atoms with van der Waals surface area (Å²) >= 11 is 0. The minimum absolute atomic E-state index is 0.0572. The van der Waals surface area contributed by atoms with Crippen LogP contribution in [0.5, 0.6) is 11.5 Å². The van der Waals surface area contributed by atoms with Gasteiger partial charge in [0.1, 0.15) is 22.8 Å². The smallest absolute Gasteiger partial charge is 0.526 e. The monoisotopic (exact) mass is 368 g/mol. The fourth-order valence-electron chi connectivity index (χ4n) is 3.29. The lowest BCUT2D eigenvalue weighted by molar-refractivity contribution is -0.118. The SMILES string of the molecule is CCOC(=O)c1cccc2c1OB(O)[C@@H](CC(=O)Cc1cccc(O)c1)C2. The number of esters is 1. The Hall–Kier alpha value is -2.80. The van der Waals surface area contributed by atoms with Crippen molar-refractivity contribution in [3.63, 3.8) is 0 Å². The second-order valence-corrected chi connectivity index (χ2v) is 6.58. The number of carbonyl (C=O) groups excluding carboxylic acids is 2. The minimum Gasteiger partial charge on any atom is -0.535 e. The first-order valence-electron chi connectivity index (χ1n) is 8.91. The number of phenolic OH excluding ortho intramolecular Hbond substituents is 1. The van der Waals surface area contributed by atoms with Gasteiger partial charge in [-0.05, 0) is 42.7 Å². The van der Waals surface area contributed by atoms with Crippen LogP contribution >= 0.6 is 0 Å². The summed E-state index contributed by atoms with van der Waals surface area (Å²) < 4.78 is 10.6. The first-order valence-corrected chi connectivity index (χ1v) is 8.91. The van der Waals surface area contributed by atoms with Gasteiger partial charge in [0, 0.05) is 18.7 Å². The van der Waals surface area contributed by atoms with Crippen LogP contribution < -0.4 is 4.65 Å². The van der Waals surface area contributed by atoms with Gasteiger partial charge in [0.15, 0.2) is 0 Å². The maximum atomic E-state index is 12.4. The number of hydrogen-bond acceptors (Lipinski definition) is 6. The molecule has 0 aliphatic carbocycles. The van der Waals surface area contributed by atoms with E-state index < -0.39 is 18.9 Å². The van der Waals surface area contributed by atoms with Crippen molar-refractivity contribution < 1.29 is 29.1 Å². The van der Waals surface area contributed by atoms with E-state index in [1.165, 1.54) is 0 Å². The molecule has 0 spiro atoms. The summed E-state index contributed by atoms with van der Waals surface area (Å²) in [4.78, 5) is 24.4. The van der Waals surface area contributed by atoms with Gasteiger partial charge < -0.3 is 19.5 Å². The molecule has 0 aromatic heterocycles. The Morgan fingerprint density at radius 1 is 1.26 bits per heavy atom. The number of Topliss-reactive ketones (excluding diaryl/α,β-unsaturated/α-hetero) is 1. The van der Waals surface area contributed by atoms with E-state index in [2.05, 4.69) is 0 Å². The summed E-state index contributed by atoms with van der Waals surface area (Å²) in [5.41, 5.74) is 1.76. The van der Waals surface area contributed by atoms with Crippen LogP contribution in [0.4, 0.5) is 0 Å². The van der Waals surface area contributed by atoms with E-state index in [4.69, 9.17) is 9.39 Å². The van der Waals surface area contributed by atoms with Crippen LogP contribution in [0.2, 0.25) is 5.82 Å². The molecule has 7 heteroatoms. The first kappa shape index (κ1) is 19.0. The maximum Gasteiger partial charge on any atom is 0.526 e. The van der Waals surface area contributed by atoms with E-state index in [9.17, 15) is 19.7 Å². The van der Waals surface area contributed by atoms with Crippen molar-refractivity contribution in [3.05, 3.63) is 59.2 Å². The largest absolute Gasteiger partial charge is 0.535 e. The number of ketones is 1. The van der Waals surface area contributed by atoms with Crippen molar-refractivity contribution in [2.24, 2.45) is 0 Å². The van der Waals surface area contributed by atoms with Crippen molar-refractivity contribution in [1.82, 2.24) is 0 Å². The standard InChI is InChI=1S/C20H21BO6/c1-2-26-20(24)18-8-4-6-14-11-15(21(25)27-19(14)18)12-17(23)10-13-5-3-7-16(22)9-13/h3-9,15,22,25H,2,10-12H2,1H3/t15-/m1/s1. The van der Waals surface area contributed by atoms with Crippen LogP contribution in [-0.2, 0) is 22.4 Å². The quantitative estimate of drug-likeness (QED) is 0.601. The summed E-state index contributed by atoms with van der Waals surface area (Å²) in [6, 6.07) is 11.7. The van der Waals surface area contributed by atoms with Crippen LogP contribution in [-0.4, -0.2) is 35.6 Å².